The van der Waals surface area contributed by atoms with Crippen LogP contribution in [0.25, 0.3) is 0 Å². The molecular formula is C17H20N2O5. The number of rotatable bonds is 5. The molecule has 0 aromatic heterocycles. The Morgan fingerprint density at radius 3 is 2.75 bits per heavy atom. The zero-order valence-corrected chi connectivity index (χ0v) is 13.9. The molecular weight excluding hydrogens is 312 g/mol. The van der Waals surface area contributed by atoms with E-state index in [1.54, 1.807) is 32.0 Å². The van der Waals surface area contributed by atoms with Gasteiger partial charge in [-0.3, -0.25) is 14.9 Å². The van der Waals surface area contributed by atoms with Crippen molar-refractivity contribution in [1.29, 1.82) is 0 Å². The van der Waals surface area contributed by atoms with Crippen LogP contribution in [0.2, 0.25) is 0 Å². The predicted octanol–water partition coefficient (Wildman–Crippen LogP) is 2.81. The first kappa shape index (κ1) is 17.7. The minimum Gasteiger partial charge on any atom is -0.459 e. The minimum atomic E-state index is -0.697. The van der Waals surface area contributed by atoms with E-state index in [4.69, 9.17) is 4.74 Å². The van der Waals surface area contributed by atoms with Gasteiger partial charge < -0.3 is 10.1 Å². The molecule has 0 unspecified atom stereocenters. The normalized spacial score (nSPS) is 18.8. The summed E-state index contributed by atoms with van der Waals surface area (Å²) in [6.07, 6.45) is 0.343. The first-order chi connectivity index (χ1) is 11.3. The molecule has 1 heterocycles. The first-order valence-corrected chi connectivity index (χ1v) is 7.80. The molecule has 0 saturated heterocycles. The molecule has 2 rings (SSSR count). The van der Waals surface area contributed by atoms with Gasteiger partial charge in [0.1, 0.15) is 0 Å². The van der Waals surface area contributed by atoms with Crippen molar-refractivity contribution in [2.24, 2.45) is 0 Å². The number of carbonyl (C=O) groups is 2. The molecule has 128 valence electrons. The van der Waals surface area contributed by atoms with Crippen LogP contribution in [-0.4, -0.2) is 22.9 Å². The van der Waals surface area contributed by atoms with Crippen molar-refractivity contribution < 1.29 is 19.2 Å². The highest BCUT2D eigenvalue weighted by atomic mass is 16.6. The van der Waals surface area contributed by atoms with Crippen LogP contribution < -0.4 is 5.32 Å². The summed E-state index contributed by atoms with van der Waals surface area (Å²) < 4.78 is 5.38. The lowest BCUT2D eigenvalue weighted by Gasteiger charge is -2.27. The third-order valence-electron chi connectivity index (χ3n) is 4.08. The lowest BCUT2D eigenvalue weighted by molar-refractivity contribution is -0.385. The van der Waals surface area contributed by atoms with Crippen molar-refractivity contribution >= 4 is 17.6 Å². The molecule has 1 amide bonds. The number of amides is 1. The predicted molar refractivity (Wildman–Crippen MR) is 87.1 cm³/mol. The van der Waals surface area contributed by atoms with E-state index in [1.165, 1.54) is 6.07 Å². The second kappa shape index (κ2) is 7.25. The number of carbonyl (C=O) groups excluding carboxylic acids is 2. The summed E-state index contributed by atoms with van der Waals surface area (Å²) in [5.74, 6) is -1.53. The number of ether oxygens (including phenoxy) is 1. The Labute approximate surface area is 139 Å². The fourth-order valence-electron chi connectivity index (χ4n) is 2.72. The van der Waals surface area contributed by atoms with Gasteiger partial charge in [-0.1, -0.05) is 25.1 Å². The Bertz CT molecular complexity index is 711. The average molecular weight is 332 g/mol. The summed E-state index contributed by atoms with van der Waals surface area (Å²) in [6, 6.07) is 6.15. The molecule has 1 aromatic rings. The maximum atomic E-state index is 12.5. The van der Waals surface area contributed by atoms with Crippen molar-refractivity contribution in [3.05, 3.63) is 51.2 Å². The Balaban J connectivity index is 2.50. The molecule has 1 aliphatic heterocycles. The van der Waals surface area contributed by atoms with Gasteiger partial charge in [0.15, 0.2) is 0 Å². The Morgan fingerprint density at radius 2 is 2.12 bits per heavy atom. The quantitative estimate of drug-likeness (QED) is 0.508. The fraction of sp³-hybridized carbons (Fsp3) is 0.412. The number of esters is 1. The van der Waals surface area contributed by atoms with E-state index in [0.717, 1.165) is 0 Å². The van der Waals surface area contributed by atoms with E-state index < -0.39 is 16.8 Å². The highest BCUT2D eigenvalue weighted by molar-refractivity contribution is 5.96. The van der Waals surface area contributed by atoms with Crippen LogP contribution in [0, 0.1) is 10.1 Å². The van der Waals surface area contributed by atoms with Gasteiger partial charge in [0.2, 0.25) is 5.91 Å². The van der Waals surface area contributed by atoms with Crippen LogP contribution in [0.5, 0.6) is 0 Å². The highest BCUT2D eigenvalue weighted by Gasteiger charge is 2.36. The van der Waals surface area contributed by atoms with Crippen molar-refractivity contribution in [3.63, 3.8) is 0 Å². The van der Waals surface area contributed by atoms with E-state index in [-0.39, 0.29) is 29.7 Å². The minimum absolute atomic E-state index is 0.0346. The number of nitrogens with one attached hydrogen (secondary N) is 1. The van der Waals surface area contributed by atoms with Gasteiger partial charge in [-0.2, -0.15) is 0 Å². The Hall–Kier alpha value is -2.70. The topological polar surface area (TPSA) is 98.5 Å². The molecule has 7 heteroatoms. The van der Waals surface area contributed by atoms with E-state index in [1.807, 2.05) is 6.92 Å². The van der Waals surface area contributed by atoms with Gasteiger partial charge in [0.05, 0.1) is 16.6 Å². The number of benzene rings is 1. The number of nitrogens with zero attached hydrogens (tertiary/aromatic N) is 1. The van der Waals surface area contributed by atoms with Crippen molar-refractivity contribution in [2.75, 3.05) is 0 Å². The number of para-hydroxylation sites is 1. The molecule has 7 nitrogen and oxygen atoms in total. The first-order valence-electron chi connectivity index (χ1n) is 7.80. The van der Waals surface area contributed by atoms with Gasteiger partial charge in [-0.15, -0.1) is 0 Å². The second-order valence-electron chi connectivity index (χ2n) is 5.78. The standard InChI is InChI=1S/C17H20N2O5/c1-4-10(2)24-17(21)16-11(3)18-15(20)9-13(16)12-7-5-6-8-14(12)19(22)23/h5-8,10,13H,4,9H2,1-3H3,(H,18,20)/t10-,13-/m1/s1. The number of hydrogen-bond donors (Lipinski definition) is 1. The van der Waals surface area contributed by atoms with Crippen LogP contribution >= 0.6 is 0 Å². The number of allylic oxidation sites excluding steroid dienone is 1. The zero-order valence-electron chi connectivity index (χ0n) is 13.9. The third-order valence-corrected chi connectivity index (χ3v) is 4.08. The van der Waals surface area contributed by atoms with Gasteiger partial charge >= 0.3 is 5.97 Å². The summed E-state index contributed by atoms with van der Waals surface area (Å²) >= 11 is 0. The van der Waals surface area contributed by atoms with Crippen LogP contribution in [0.3, 0.4) is 0 Å². The van der Waals surface area contributed by atoms with Crippen LogP contribution in [0.1, 0.15) is 45.1 Å². The van der Waals surface area contributed by atoms with E-state index >= 15 is 0 Å². The molecule has 24 heavy (non-hydrogen) atoms. The fourth-order valence-corrected chi connectivity index (χ4v) is 2.72. The van der Waals surface area contributed by atoms with Gasteiger partial charge in [0, 0.05) is 29.7 Å². The highest BCUT2D eigenvalue weighted by Crippen LogP contribution is 2.38. The zero-order chi connectivity index (χ0) is 17.9. The lowest BCUT2D eigenvalue weighted by atomic mass is 9.83. The molecule has 1 N–H and O–H groups in total. The second-order valence-corrected chi connectivity index (χ2v) is 5.78. The van der Waals surface area contributed by atoms with Crippen LogP contribution in [0.4, 0.5) is 5.69 Å². The van der Waals surface area contributed by atoms with E-state index in [0.29, 0.717) is 17.7 Å². The molecule has 0 spiro atoms. The summed E-state index contributed by atoms with van der Waals surface area (Å²) in [7, 11) is 0. The van der Waals surface area contributed by atoms with E-state index in [2.05, 4.69) is 5.32 Å². The molecule has 1 aliphatic rings. The number of hydrogen-bond acceptors (Lipinski definition) is 5. The van der Waals surface area contributed by atoms with Crippen molar-refractivity contribution in [2.45, 2.75) is 45.6 Å². The van der Waals surface area contributed by atoms with Crippen LogP contribution in [0.15, 0.2) is 35.5 Å². The molecule has 0 radical (unpaired) electrons. The van der Waals surface area contributed by atoms with E-state index in [9.17, 15) is 19.7 Å². The van der Waals surface area contributed by atoms with Crippen molar-refractivity contribution in [3.8, 4) is 0 Å². The number of nitro benzene ring substituents is 1. The largest absolute Gasteiger partial charge is 0.459 e. The molecule has 0 aliphatic carbocycles. The van der Waals surface area contributed by atoms with Gasteiger partial charge in [0.25, 0.3) is 5.69 Å². The molecule has 2 atom stereocenters. The number of nitro groups is 1. The summed E-state index contributed by atoms with van der Waals surface area (Å²) in [5, 5.41) is 13.9. The summed E-state index contributed by atoms with van der Waals surface area (Å²) in [6.45, 7) is 5.27. The summed E-state index contributed by atoms with van der Waals surface area (Å²) in [5.41, 5.74) is 0.874. The van der Waals surface area contributed by atoms with Gasteiger partial charge in [-0.05, 0) is 20.3 Å². The Morgan fingerprint density at radius 1 is 1.46 bits per heavy atom. The maximum Gasteiger partial charge on any atom is 0.336 e. The average Bonchev–Trinajstić information content (AvgIpc) is 2.53. The molecule has 0 bridgehead atoms. The molecule has 1 aromatic carbocycles. The Kier molecular flexibility index (Phi) is 5.33. The SMILES string of the molecule is CC[C@@H](C)OC(=O)C1=C(C)NC(=O)C[C@@H]1c1ccccc1[N+](=O)[O-]. The lowest BCUT2D eigenvalue weighted by Crippen LogP contribution is -2.35. The molecule has 0 saturated carbocycles. The third kappa shape index (κ3) is 3.61. The maximum absolute atomic E-state index is 12.5. The van der Waals surface area contributed by atoms with Gasteiger partial charge in [-0.25, -0.2) is 4.79 Å². The smallest absolute Gasteiger partial charge is 0.336 e. The molecule has 0 fully saturated rings. The monoisotopic (exact) mass is 332 g/mol. The van der Waals surface area contributed by atoms with Crippen molar-refractivity contribution in [1.82, 2.24) is 5.32 Å². The van der Waals surface area contributed by atoms with Crippen LogP contribution in [-0.2, 0) is 14.3 Å². The summed E-state index contributed by atoms with van der Waals surface area (Å²) in [4.78, 5) is 35.3.